The fourth-order valence-electron chi connectivity index (χ4n) is 3.18. The van der Waals surface area contributed by atoms with Crippen molar-refractivity contribution in [2.45, 2.75) is 38.3 Å². The van der Waals surface area contributed by atoms with Gasteiger partial charge in [-0.05, 0) is 11.1 Å². The Hall–Kier alpha value is -2.92. The second-order valence-electron chi connectivity index (χ2n) is 7.12. The summed E-state index contributed by atoms with van der Waals surface area (Å²) in [7, 11) is 0. The molecule has 0 atom stereocenters. The standard InChI is InChI=1S/C24H22F2O3/c25-22-13-21(14-23(24(22)26)28-16-18-9-5-2-6-10-18)29-20-11-19(12-20)27-15-17-7-3-1-4-8-17/h1-10,13-14,19-20H,11-12,15-16H2. The Kier molecular flexibility index (Phi) is 6.06. The molecule has 1 aliphatic carbocycles. The highest BCUT2D eigenvalue weighted by atomic mass is 19.2. The van der Waals surface area contributed by atoms with Gasteiger partial charge in [-0.2, -0.15) is 4.39 Å². The third-order valence-corrected chi connectivity index (χ3v) is 4.89. The van der Waals surface area contributed by atoms with E-state index in [1.54, 1.807) is 0 Å². The van der Waals surface area contributed by atoms with Gasteiger partial charge in [0.1, 0.15) is 18.5 Å². The summed E-state index contributed by atoms with van der Waals surface area (Å²) >= 11 is 0. The van der Waals surface area contributed by atoms with Gasteiger partial charge in [0.15, 0.2) is 11.6 Å². The van der Waals surface area contributed by atoms with Crippen LogP contribution < -0.4 is 9.47 Å². The van der Waals surface area contributed by atoms with Crippen molar-refractivity contribution in [1.82, 2.24) is 0 Å². The Labute approximate surface area is 168 Å². The van der Waals surface area contributed by atoms with Crippen molar-refractivity contribution < 1.29 is 23.0 Å². The molecule has 1 aliphatic rings. The molecule has 0 heterocycles. The van der Waals surface area contributed by atoms with Crippen LogP contribution in [0.2, 0.25) is 0 Å². The molecule has 0 aromatic heterocycles. The highest BCUT2D eigenvalue weighted by molar-refractivity contribution is 5.36. The number of rotatable bonds is 8. The largest absolute Gasteiger partial charge is 0.490 e. The molecule has 0 spiro atoms. The van der Waals surface area contributed by atoms with Crippen LogP contribution >= 0.6 is 0 Å². The molecule has 29 heavy (non-hydrogen) atoms. The van der Waals surface area contributed by atoms with E-state index in [0.29, 0.717) is 19.4 Å². The number of ether oxygens (including phenoxy) is 3. The Morgan fingerprint density at radius 3 is 2.03 bits per heavy atom. The van der Waals surface area contributed by atoms with Gasteiger partial charge >= 0.3 is 0 Å². The van der Waals surface area contributed by atoms with Gasteiger partial charge in [-0.1, -0.05) is 60.7 Å². The summed E-state index contributed by atoms with van der Waals surface area (Å²) in [4.78, 5) is 0. The Morgan fingerprint density at radius 1 is 0.759 bits per heavy atom. The lowest BCUT2D eigenvalue weighted by Gasteiger charge is -2.35. The number of benzene rings is 3. The smallest absolute Gasteiger partial charge is 0.200 e. The minimum absolute atomic E-state index is 0.0809. The minimum Gasteiger partial charge on any atom is -0.490 e. The molecule has 3 aromatic rings. The summed E-state index contributed by atoms with van der Waals surface area (Å²) in [5, 5.41) is 0. The molecule has 0 amide bonds. The van der Waals surface area contributed by atoms with E-state index >= 15 is 0 Å². The van der Waals surface area contributed by atoms with Crippen LogP contribution in [0, 0.1) is 11.6 Å². The van der Waals surface area contributed by atoms with E-state index in [0.717, 1.165) is 17.2 Å². The van der Waals surface area contributed by atoms with Crippen molar-refractivity contribution in [2.24, 2.45) is 0 Å². The van der Waals surface area contributed by atoms with Crippen molar-refractivity contribution >= 4 is 0 Å². The van der Waals surface area contributed by atoms with Gasteiger partial charge in [0, 0.05) is 25.0 Å². The molecule has 0 saturated heterocycles. The summed E-state index contributed by atoms with van der Waals surface area (Å²) in [6.07, 6.45) is 1.46. The lowest BCUT2D eigenvalue weighted by atomic mass is 9.92. The normalized spacial score (nSPS) is 18.1. The minimum atomic E-state index is -1.01. The second-order valence-corrected chi connectivity index (χ2v) is 7.12. The van der Waals surface area contributed by atoms with Gasteiger partial charge in [-0.3, -0.25) is 0 Å². The summed E-state index contributed by atoms with van der Waals surface area (Å²) < 4.78 is 45.1. The van der Waals surface area contributed by atoms with Crippen LogP contribution in [0.5, 0.6) is 11.5 Å². The molecule has 150 valence electrons. The van der Waals surface area contributed by atoms with Crippen LogP contribution in [0.1, 0.15) is 24.0 Å². The maximum absolute atomic E-state index is 14.1. The van der Waals surface area contributed by atoms with Crippen LogP contribution in [0.3, 0.4) is 0 Å². The molecule has 0 bridgehead atoms. The van der Waals surface area contributed by atoms with E-state index in [9.17, 15) is 8.78 Å². The maximum Gasteiger partial charge on any atom is 0.200 e. The van der Waals surface area contributed by atoms with Crippen LogP contribution in [-0.4, -0.2) is 12.2 Å². The Balaban J connectivity index is 1.29. The zero-order chi connectivity index (χ0) is 20.1. The third kappa shape index (κ3) is 5.12. The van der Waals surface area contributed by atoms with E-state index in [4.69, 9.17) is 14.2 Å². The average Bonchev–Trinajstić information content (AvgIpc) is 2.72. The van der Waals surface area contributed by atoms with Crippen molar-refractivity contribution in [3.05, 3.63) is 95.6 Å². The molecule has 5 heteroatoms. The summed E-state index contributed by atoms with van der Waals surface area (Å²) in [5.41, 5.74) is 1.99. The summed E-state index contributed by atoms with van der Waals surface area (Å²) in [6.45, 7) is 0.709. The van der Waals surface area contributed by atoms with Gasteiger partial charge in [0.25, 0.3) is 0 Å². The van der Waals surface area contributed by atoms with Gasteiger partial charge < -0.3 is 14.2 Å². The average molecular weight is 396 g/mol. The second kappa shape index (κ2) is 9.05. The van der Waals surface area contributed by atoms with Crippen LogP contribution in [0.25, 0.3) is 0 Å². The molecular formula is C24H22F2O3. The lowest BCUT2D eigenvalue weighted by Crippen LogP contribution is -2.39. The monoisotopic (exact) mass is 396 g/mol. The molecule has 3 aromatic carbocycles. The number of hydrogen-bond donors (Lipinski definition) is 0. The predicted molar refractivity (Wildman–Crippen MR) is 106 cm³/mol. The third-order valence-electron chi connectivity index (χ3n) is 4.89. The molecule has 0 unspecified atom stereocenters. The van der Waals surface area contributed by atoms with Gasteiger partial charge in [0.05, 0.1) is 12.7 Å². The molecule has 0 radical (unpaired) electrons. The molecule has 0 aliphatic heterocycles. The van der Waals surface area contributed by atoms with E-state index in [1.165, 1.54) is 6.07 Å². The van der Waals surface area contributed by atoms with Crippen molar-refractivity contribution in [3.63, 3.8) is 0 Å². The van der Waals surface area contributed by atoms with E-state index in [1.807, 2.05) is 60.7 Å². The number of hydrogen-bond acceptors (Lipinski definition) is 3. The molecule has 3 nitrogen and oxygen atoms in total. The first kappa shape index (κ1) is 19.4. The predicted octanol–water partition coefficient (Wildman–Crippen LogP) is 5.67. The van der Waals surface area contributed by atoms with E-state index in [-0.39, 0.29) is 30.3 Å². The molecule has 1 fully saturated rings. The summed E-state index contributed by atoms with van der Waals surface area (Å²) in [5.74, 6) is -1.88. The maximum atomic E-state index is 14.1. The zero-order valence-corrected chi connectivity index (χ0v) is 15.9. The first-order valence-corrected chi connectivity index (χ1v) is 9.65. The van der Waals surface area contributed by atoms with Crippen LogP contribution in [-0.2, 0) is 18.0 Å². The first-order valence-electron chi connectivity index (χ1n) is 9.65. The van der Waals surface area contributed by atoms with Crippen molar-refractivity contribution in [2.75, 3.05) is 0 Å². The van der Waals surface area contributed by atoms with Crippen LogP contribution in [0.15, 0.2) is 72.8 Å². The Morgan fingerprint density at radius 2 is 1.38 bits per heavy atom. The first-order chi connectivity index (χ1) is 14.2. The highest BCUT2D eigenvalue weighted by Gasteiger charge is 2.32. The highest BCUT2D eigenvalue weighted by Crippen LogP contribution is 2.33. The van der Waals surface area contributed by atoms with Crippen molar-refractivity contribution in [1.29, 1.82) is 0 Å². The Bertz CT molecular complexity index is 926. The quantitative estimate of drug-likeness (QED) is 0.491. The van der Waals surface area contributed by atoms with Crippen LogP contribution in [0.4, 0.5) is 8.78 Å². The molecule has 4 rings (SSSR count). The van der Waals surface area contributed by atoms with E-state index < -0.39 is 11.6 Å². The lowest BCUT2D eigenvalue weighted by molar-refractivity contribution is -0.0684. The fourth-order valence-corrected chi connectivity index (χ4v) is 3.18. The fraction of sp³-hybridized carbons (Fsp3) is 0.250. The number of halogens is 2. The van der Waals surface area contributed by atoms with Gasteiger partial charge in [-0.15, -0.1) is 0 Å². The van der Waals surface area contributed by atoms with E-state index in [2.05, 4.69) is 0 Å². The zero-order valence-electron chi connectivity index (χ0n) is 15.9. The van der Waals surface area contributed by atoms with Gasteiger partial charge in [-0.25, -0.2) is 4.39 Å². The molecule has 1 saturated carbocycles. The van der Waals surface area contributed by atoms with Gasteiger partial charge in [0.2, 0.25) is 5.82 Å². The molecule has 0 N–H and O–H groups in total. The van der Waals surface area contributed by atoms with Crippen molar-refractivity contribution in [3.8, 4) is 11.5 Å². The SMILES string of the molecule is Fc1cc(OC2CC(OCc3ccccc3)C2)cc(OCc2ccccc2)c1F. The topological polar surface area (TPSA) is 27.7 Å². The summed E-state index contributed by atoms with van der Waals surface area (Å²) in [6, 6.07) is 21.8. The molecular weight excluding hydrogens is 374 g/mol.